The molecule has 1 aromatic carbocycles. The molecule has 2 unspecified atom stereocenters. The van der Waals surface area contributed by atoms with Crippen LogP contribution in [-0.4, -0.2) is 24.0 Å². The van der Waals surface area contributed by atoms with E-state index in [1.165, 1.54) is 6.08 Å². The zero-order valence-corrected chi connectivity index (χ0v) is 13.4. The van der Waals surface area contributed by atoms with Gasteiger partial charge in [-0.2, -0.15) is 0 Å². The lowest BCUT2D eigenvalue weighted by molar-refractivity contribution is -0.152. The second-order valence-corrected chi connectivity index (χ2v) is 5.85. The summed E-state index contributed by atoms with van der Waals surface area (Å²) in [6.07, 6.45) is 1.40. The number of amides is 3. The van der Waals surface area contributed by atoms with Gasteiger partial charge in [-0.05, 0) is 37.6 Å². The van der Waals surface area contributed by atoms with Crippen LogP contribution < -0.4 is 10.6 Å². The van der Waals surface area contributed by atoms with Crippen molar-refractivity contribution in [2.75, 3.05) is 5.32 Å². The number of rotatable bonds is 4. The Hall–Kier alpha value is -2.34. The fourth-order valence-corrected chi connectivity index (χ4v) is 2.65. The van der Waals surface area contributed by atoms with Crippen molar-refractivity contribution in [2.45, 2.75) is 25.9 Å². The van der Waals surface area contributed by atoms with Gasteiger partial charge in [0.15, 0.2) is 5.41 Å². The van der Waals surface area contributed by atoms with Crippen LogP contribution in [0.4, 0.5) is 10.5 Å². The topological polar surface area (TPSA) is 84.5 Å². The zero-order valence-electron chi connectivity index (χ0n) is 12.6. The minimum absolute atomic E-state index is 0.107. The Morgan fingerprint density at radius 2 is 2.09 bits per heavy atom. The molecule has 0 spiro atoms. The number of nitrogens with one attached hydrogen (secondary N) is 2. The summed E-state index contributed by atoms with van der Waals surface area (Å²) in [5, 5.41) is 5.22. The maximum Gasteiger partial charge on any atom is 0.325 e. The third kappa shape index (κ3) is 3.71. The maximum atomic E-state index is 12.4. The summed E-state index contributed by atoms with van der Waals surface area (Å²) in [5.74, 6) is -1.33. The van der Waals surface area contributed by atoms with E-state index in [1.54, 1.807) is 31.2 Å². The van der Waals surface area contributed by atoms with Gasteiger partial charge in [0.1, 0.15) is 6.10 Å². The van der Waals surface area contributed by atoms with E-state index in [1.807, 2.05) is 0 Å². The Morgan fingerprint density at radius 3 is 2.61 bits per heavy atom. The molecule has 6 nitrogen and oxygen atoms in total. The van der Waals surface area contributed by atoms with E-state index in [0.29, 0.717) is 10.7 Å². The average molecular weight is 337 g/mol. The molecule has 23 heavy (non-hydrogen) atoms. The van der Waals surface area contributed by atoms with Crippen LogP contribution >= 0.6 is 11.6 Å². The Kier molecular flexibility index (Phi) is 5.05. The molecule has 0 saturated carbocycles. The Balaban J connectivity index is 2.06. The van der Waals surface area contributed by atoms with Gasteiger partial charge in [-0.15, -0.1) is 6.58 Å². The van der Waals surface area contributed by atoms with E-state index in [-0.39, 0.29) is 18.9 Å². The molecule has 7 heteroatoms. The Bertz CT molecular complexity index is 644. The highest BCUT2D eigenvalue weighted by Gasteiger charge is 2.53. The van der Waals surface area contributed by atoms with Crippen molar-refractivity contribution >= 4 is 35.2 Å². The number of carbonyl (C=O) groups excluding carboxylic acids is 3. The van der Waals surface area contributed by atoms with E-state index >= 15 is 0 Å². The van der Waals surface area contributed by atoms with Crippen LogP contribution in [0.25, 0.3) is 0 Å². The van der Waals surface area contributed by atoms with E-state index in [0.717, 1.165) is 0 Å². The summed E-state index contributed by atoms with van der Waals surface area (Å²) in [6.45, 7) is 5.26. The number of anilines is 1. The van der Waals surface area contributed by atoms with Crippen LogP contribution in [0.3, 0.4) is 0 Å². The number of benzene rings is 1. The number of hydrogen-bond acceptors (Lipinski definition) is 4. The van der Waals surface area contributed by atoms with Crippen molar-refractivity contribution < 1.29 is 19.1 Å². The van der Waals surface area contributed by atoms with Crippen molar-refractivity contribution in [3.8, 4) is 0 Å². The molecular weight excluding hydrogens is 320 g/mol. The highest BCUT2D eigenvalue weighted by atomic mass is 35.5. The maximum absolute atomic E-state index is 12.4. The number of carbonyl (C=O) groups is 3. The molecule has 0 aliphatic carbocycles. The third-order valence-electron chi connectivity index (χ3n) is 3.59. The van der Waals surface area contributed by atoms with Gasteiger partial charge in [0, 0.05) is 17.1 Å². The summed E-state index contributed by atoms with van der Waals surface area (Å²) in [6, 6.07) is 5.67. The monoisotopic (exact) mass is 336 g/mol. The predicted molar refractivity (Wildman–Crippen MR) is 86.0 cm³/mol. The number of ether oxygens (including phenoxy) is 1. The molecule has 1 fully saturated rings. The van der Waals surface area contributed by atoms with E-state index < -0.39 is 23.3 Å². The number of cyclic esters (lactones) is 1. The molecule has 1 saturated heterocycles. The van der Waals surface area contributed by atoms with Gasteiger partial charge in [-0.3, -0.25) is 14.9 Å². The van der Waals surface area contributed by atoms with Crippen LogP contribution in [0.15, 0.2) is 36.9 Å². The number of halogens is 1. The van der Waals surface area contributed by atoms with Gasteiger partial charge >= 0.3 is 12.0 Å². The van der Waals surface area contributed by atoms with Gasteiger partial charge in [0.05, 0.1) is 0 Å². The van der Waals surface area contributed by atoms with E-state index in [2.05, 4.69) is 17.2 Å². The fraction of sp³-hybridized carbons (Fsp3) is 0.312. The van der Waals surface area contributed by atoms with Crippen molar-refractivity contribution in [1.82, 2.24) is 5.32 Å². The van der Waals surface area contributed by atoms with Crippen molar-refractivity contribution in [3.63, 3.8) is 0 Å². The lowest BCUT2D eigenvalue weighted by Crippen LogP contribution is -2.47. The molecule has 1 aliphatic rings. The second kappa shape index (κ2) is 6.83. The standard InChI is InChI=1S/C16H17ClN2O4/c1-3-8-16(9-10(2)23-14(16)21)13(20)19-15(22)18-12-6-4-11(17)5-7-12/h3-7,10H,1,8-9H2,2H3,(H2,18,19,20,22). The number of imide groups is 1. The summed E-state index contributed by atoms with van der Waals surface area (Å²) < 4.78 is 5.07. The molecule has 0 radical (unpaired) electrons. The second-order valence-electron chi connectivity index (χ2n) is 5.41. The Labute approximate surface area is 138 Å². The number of urea groups is 1. The molecule has 1 aromatic rings. The predicted octanol–water partition coefficient (Wildman–Crippen LogP) is 2.89. The highest BCUT2D eigenvalue weighted by Crippen LogP contribution is 2.38. The minimum Gasteiger partial charge on any atom is -0.462 e. The zero-order chi connectivity index (χ0) is 17.0. The highest BCUT2D eigenvalue weighted by molar-refractivity contribution is 6.30. The van der Waals surface area contributed by atoms with Crippen LogP contribution in [0.5, 0.6) is 0 Å². The smallest absolute Gasteiger partial charge is 0.325 e. The molecule has 2 rings (SSSR count). The van der Waals surface area contributed by atoms with Gasteiger partial charge in [-0.25, -0.2) is 4.79 Å². The molecular formula is C16H17ClN2O4. The van der Waals surface area contributed by atoms with Crippen molar-refractivity contribution in [1.29, 1.82) is 0 Å². The van der Waals surface area contributed by atoms with Crippen LogP contribution in [0.2, 0.25) is 5.02 Å². The molecule has 2 N–H and O–H groups in total. The van der Waals surface area contributed by atoms with Gasteiger partial charge in [0.25, 0.3) is 0 Å². The normalized spacial score (nSPS) is 23.0. The summed E-state index contributed by atoms with van der Waals surface area (Å²) in [4.78, 5) is 36.4. The molecule has 122 valence electrons. The molecule has 2 atom stereocenters. The molecule has 3 amide bonds. The van der Waals surface area contributed by atoms with Gasteiger partial charge in [0.2, 0.25) is 5.91 Å². The van der Waals surface area contributed by atoms with Crippen molar-refractivity contribution in [2.24, 2.45) is 5.41 Å². The first-order chi connectivity index (χ1) is 10.9. The minimum atomic E-state index is -1.40. The molecule has 1 aliphatic heterocycles. The van der Waals surface area contributed by atoms with Crippen LogP contribution in [-0.2, 0) is 14.3 Å². The van der Waals surface area contributed by atoms with E-state index in [4.69, 9.17) is 16.3 Å². The van der Waals surface area contributed by atoms with Gasteiger partial charge < -0.3 is 10.1 Å². The number of esters is 1. The Morgan fingerprint density at radius 1 is 1.43 bits per heavy atom. The first-order valence-electron chi connectivity index (χ1n) is 7.07. The van der Waals surface area contributed by atoms with E-state index in [9.17, 15) is 14.4 Å². The van der Waals surface area contributed by atoms with Gasteiger partial charge in [-0.1, -0.05) is 17.7 Å². The number of allylic oxidation sites excluding steroid dienone is 1. The van der Waals surface area contributed by atoms with Crippen molar-refractivity contribution in [3.05, 3.63) is 41.9 Å². The molecule has 1 heterocycles. The fourth-order valence-electron chi connectivity index (χ4n) is 2.52. The molecule has 0 aromatic heterocycles. The van der Waals surface area contributed by atoms with Crippen LogP contribution in [0.1, 0.15) is 19.8 Å². The number of hydrogen-bond donors (Lipinski definition) is 2. The first kappa shape index (κ1) is 17.0. The summed E-state index contributed by atoms with van der Waals surface area (Å²) >= 11 is 5.76. The third-order valence-corrected chi connectivity index (χ3v) is 3.84. The summed E-state index contributed by atoms with van der Waals surface area (Å²) in [7, 11) is 0. The first-order valence-corrected chi connectivity index (χ1v) is 7.45. The molecule has 0 bridgehead atoms. The largest absolute Gasteiger partial charge is 0.462 e. The SMILES string of the molecule is C=CCC1(C(=O)NC(=O)Nc2ccc(Cl)cc2)CC(C)OC1=O. The lowest BCUT2D eigenvalue weighted by atomic mass is 9.80. The van der Waals surface area contributed by atoms with Crippen LogP contribution in [0, 0.1) is 5.41 Å². The summed E-state index contributed by atoms with van der Waals surface area (Å²) in [5.41, 5.74) is -0.932. The quantitative estimate of drug-likeness (QED) is 0.503. The average Bonchev–Trinajstić information content (AvgIpc) is 2.77. The lowest BCUT2D eigenvalue weighted by Gasteiger charge is -2.21.